The summed E-state index contributed by atoms with van der Waals surface area (Å²) in [4.78, 5) is 40.3. The highest BCUT2D eigenvalue weighted by atomic mass is 16.3. The van der Waals surface area contributed by atoms with Gasteiger partial charge in [-0.3, -0.25) is 14.4 Å². The van der Waals surface area contributed by atoms with Crippen LogP contribution in [0, 0.1) is 5.41 Å². The minimum atomic E-state index is -1.56. The molecule has 0 aliphatic heterocycles. The first-order valence-corrected chi connectivity index (χ1v) is 9.16. The van der Waals surface area contributed by atoms with Crippen LogP contribution in [0.3, 0.4) is 0 Å². The van der Waals surface area contributed by atoms with E-state index in [1.807, 2.05) is 30.3 Å². The highest BCUT2D eigenvalue weighted by Crippen LogP contribution is 2.58. The van der Waals surface area contributed by atoms with Crippen molar-refractivity contribution in [3.05, 3.63) is 101 Å². The van der Waals surface area contributed by atoms with Crippen LogP contribution < -0.4 is 0 Å². The molecule has 28 heavy (non-hydrogen) atoms. The second-order valence-corrected chi connectivity index (χ2v) is 7.18. The molecule has 0 radical (unpaired) electrons. The lowest BCUT2D eigenvalue weighted by Crippen LogP contribution is -2.38. The summed E-state index contributed by atoms with van der Waals surface area (Å²) in [6.45, 7) is 0. The molecule has 5 rings (SSSR count). The summed E-state index contributed by atoms with van der Waals surface area (Å²) in [6.07, 6.45) is 3.26. The fourth-order valence-corrected chi connectivity index (χ4v) is 4.54. The van der Waals surface area contributed by atoms with E-state index in [2.05, 4.69) is 0 Å². The predicted octanol–water partition coefficient (Wildman–Crippen LogP) is 4.49. The summed E-state index contributed by atoms with van der Waals surface area (Å²) in [7, 11) is 0. The Morgan fingerprint density at radius 1 is 0.821 bits per heavy atom. The number of rotatable bonds is 2. The van der Waals surface area contributed by atoms with Crippen molar-refractivity contribution in [1.82, 2.24) is 0 Å². The monoisotopic (exact) mass is 368 g/mol. The van der Waals surface area contributed by atoms with Crippen molar-refractivity contribution in [1.29, 1.82) is 0 Å². The van der Waals surface area contributed by atoms with E-state index >= 15 is 0 Å². The van der Waals surface area contributed by atoms with Gasteiger partial charge in [0.15, 0.2) is 17.3 Å². The Balaban J connectivity index is 1.79. The summed E-state index contributed by atoms with van der Waals surface area (Å²) >= 11 is 0. The predicted molar refractivity (Wildman–Crippen MR) is 103 cm³/mol. The third-order valence-electron chi connectivity index (χ3n) is 5.77. The number of benzene rings is 2. The second kappa shape index (κ2) is 5.99. The Labute approximate surface area is 161 Å². The fraction of sp³-hybridized carbons (Fsp3) is 0.125. The standard InChI is InChI=1S/C24H16O4/c25-20-14-19(21-11-6-12-28-21)24(18(20)13-15-7-2-1-3-8-15)22(26)16-9-4-5-10-17(16)23(24)27/h1-13,19H,14H2/b18-13-. The van der Waals surface area contributed by atoms with Gasteiger partial charge in [0.05, 0.1) is 6.26 Å². The van der Waals surface area contributed by atoms with Gasteiger partial charge in [-0.1, -0.05) is 54.6 Å². The van der Waals surface area contributed by atoms with Gasteiger partial charge < -0.3 is 4.42 Å². The van der Waals surface area contributed by atoms with Gasteiger partial charge in [-0.2, -0.15) is 0 Å². The Hall–Kier alpha value is -3.53. The van der Waals surface area contributed by atoms with Crippen LogP contribution in [0.15, 0.2) is 83.0 Å². The van der Waals surface area contributed by atoms with E-state index in [4.69, 9.17) is 4.42 Å². The van der Waals surface area contributed by atoms with Crippen molar-refractivity contribution in [3.63, 3.8) is 0 Å². The zero-order chi connectivity index (χ0) is 19.3. The first-order valence-electron chi connectivity index (χ1n) is 9.16. The summed E-state index contributed by atoms with van der Waals surface area (Å²) in [6, 6.07) is 19.5. The zero-order valence-electron chi connectivity index (χ0n) is 14.9. The summed E-state index contributed by atoms with van der Waals surface area (Å²) in [5.41, 5.74) is 0.220. The first kappa shape index (κ1) is 16.6. The number of hydrogen-bond acceptors (Lipinski definition) is 4. The summed E-state index contributed by atoms with van der Waals surface area (Å²) in [5.74, 6) is -0.985. The fourth-order valence-electron chi connectivity index (χ4n) is 4.54. The lowest BCUT2D eigenvalue weighted by molar-refractivity contribution is -0.114. The molecule has 0 N–H and O–H groups in total. The molecule has 1 atom stereocenters. The van der Waals surface area contributed by atoms with Gasteiger partial charge in [-0.25, -0.2) is 0 Å². The largest absolute Gasteiger partial charge is 0.469 e. The molecule has 1 fully saturated rings. The normalized spacial score (nSPS) is 21.6. The van der Waals surface area contributed by atoms with E-state index in [9.17, 15) is 14.4 Å². The average molecular weight is 368 g/mol. The second-order valence-electron chi connectivity index (χ2n) is 7.18. The van der Waals surface area contributed by atoms with Crippen LogP contribution in [0.2, 0.25) is 0 Å². The van der Waals surface area contributed by atoms with Crippen LogP contribution in [-0.4, -0.2) is 17.3 Å². The van der Waals surface area contributed by atoms with Crippen molar-refractivity contribution in [3.8, 4) is 0 Å². The Kier molecular flexibility index (Phi) is 3.56. The van der Waals surface area contributed by atoms with Gasteiger partial charge in [0, 0.05) is 29.0 Å². The van der Waals surface area contributed by atoms with Gasteiger partial charge in [0.2, 0.25) is 0 Å². The van der Waals surface area contributed by atoms with Crippen LogP contribution in [-0.2, 0) is 4.79 Å². The first-order chi connectivity index (χ1) is 13.6. The van der Waals surface area contributed by atoms with E-state index in [1.165, 1.54) is 6.26 Å². The van der Waals surface area contributed by atoms with Crippen LogP contribution in [0.4, 0.5) is 0 Å². The number of Topliss-reactive ketones (excluding diaryl/α,β-unsaturated/α-hetero) is 3. The number of ketones is 3. The SMILES string of the molecule is O=C1CC(c2ccco2)C2(C(=O)c3ccccc3C2=O)/C1=C\c1ccccc1. The molecule has 136 valence electrons. The number of furan rings is 1. The number of allylic oxidation sites excluding steroid dienone is 1. The molecule has 4 nitrogen and oxygen atoms in total. The van der Waals surface area contributed by atoms with E-state index in [0.29, 0.717) is 16.9 Å². The minimum absolute atomic E-state index is 0.0671. The van der Waals surface area contributed by atoms with Gasteiger partial charge in [0.1, 0.15) is 11.2 Å². The maximum Gasteiger partial charge on any atom is 0.182 e. The quantitative estimate of drug-likeness (QED) is 0.494. The van der Waals surface area contributed by atoms with Crippen molar-refractivity contribution < 1.29 is 18.8 Å². The Bertz CT molecular complexity index is 1100. The molecular formula is C24H16O4. The molecule has 0 bridgehead atoms. The van der Waals surface area contributed by atoms with E-state index in [0.717, 1.165) is 5.56 Å². The van der Waals surface area contributed by atoms with E-state index in [1.54, 1.807) is 42.5 Å². The Morgan fingerprint density at radius 2 is 1.46 bits per heavy atom. The summed E-state index contributed by atoms with van der Waals surface area (Å²) < 4.78 is 5.56. The minimum Gasteiger partial charge on any atom is -0.469 e. The van der Waals surface area contributed by atoms with E-state index < -0.39 is 11.3 Å². The molecule has 4 heteroatoms. The molecule has 0 amide bonds. The lowest BCUT2D eigenvalue weighted by Gasteiger charge is -2.27. The molecule has 1 heterocycles. The van der Waals surface area contributed by atoms with E-state index in [-0.39, 0.29) is 29.3 Å². The third kappa shape index (κ3) is 2.09. The van der Waals surface area contributed by atoms with Crippen molar-refractivity contribution in [2.45, 2.75) is 12.3 Å². The zero-order valence-corrected chi connectivity index (χ0v) is 14.9. The molecule has 3 aromatic rings. The van der Waals surface area contributed by atoms with Crippen LogP contribution in [0.25, 0.3) is 6.08 Å². The van der Waals surface area contributed by atoms with Crippen molar-refractivity contribution in [2.24, 2.45) is 5.41 Å². The molecule has 2 aromatic carbocycles. The van der Waals surface area contributed by atoms with Gasteiger partial charge in [-0.15, -0.1) is 0 Å². The van der Waals surface area contributed by atoms with Crippen LogP contribution in [0.5, 0.6) is 0 Å². The number of hydrogen-bond donors (Lipinski definition) is 0. The number of carbonyl (C=O) groups is 3. The number of carbonyl (C=O) groups excluding carboxylic acids is 3. The summed E-state index contributed by atoms with van der Waals surface area (Å²) in [5, 5.41) is 0. The third-order valence-corrected chi connectivity index (χ3v) is 5.77. The number of fused-ring (bicyclic) bond motifs is 1. The molecule has 2 aliphatic rings. The topological polar surface area (TPSA) is 64.3 Å². The van der Waals surface area contributed by atoms with Gasteiger partial charge >= 0.3 is 0 Å². The lowest BCUT2D eigenvalue weighted by atomic mass is 9.69. The van der Waals surface area contributed by atoms with Gasteiger partial charge in [0.25, 0.3) is 0 Å². The van der Waals surface area contributed by atoms with Crippen molar-refractivity contribution >= 4 is 23.4 Å². The molecule has 0 saturated heterocycles. The van der Waals surface area contributed by atoms with Crippen LogP contribution in [0.1, 0.15) is 44.4 Å². The van der Waals surface area contributed by atoms with Gasteiger partial charge in [-0.05, 0) is 23.8 Å². The molecule has 1 unspecified atom stereocenters. The maximum atomic E-state index is 13.6. The molecular weight excluding hydrogens is 352 g/mol. The molecule has 1 saturated carbocycles. The molecule has 1 aromatic heterocycles. The molecule has 1 spiro atoms. The molecule has 2 aliphatic carbocycles. The highest BCUT2D eigenvalue weighted by molar-refractivity contribution is 6.36. The Morgan fingerprint density at radius 3 is 2.07 bits per heavy atom. The highest BCUT2D eigenvalue weighted by Gasteiger charge is 2.66. The van der Waals surface area contributed by atoms with Crippen LogP contribution >= 0.6 is 0 Å². The average Bonchev–Trinajstić information content (AvgIpc) is 3.40. The smallest absolute Gasteiger partial charge is 0.182 e. The van der Waals surface area contributed by atoms with Crippen molar-refractivity contribution in [2.75, 3.05) is 0 Å². The maximum absolute atomic E-state index is 13.6.